The van der Waals surface area contributed by atoms with Crippen molar-refractivity contribution in [2.24, 2.45) is 0 Å². The molecule has 0 fully saturated rings. The summed E-state index contributed by atoms with van der Waals surface area (Å²) in [4.78, 5) is 36.1. The number of H-pyrrole nitrogens is 2. The Kier molecular flexibility index (Phi) is 6.28. The maximum atomic E-state index is 6.81. The van der Waals surface area contributed by atoms with E-state index in [1.807, 2.05) is 48.5 Å². The van der Waals surface area contributed by atoms with Crippen molar-refractivity contribution >= 4 is 114 Å². The second kappa shape index (κ2) is 10.2. The van der Waals surface area contributed by atoms with Gasteiger partial charge in [0.25, 0.3) is 0 Å². The van der Waals surface area contributed by atoms with E-state index >= 15 is 0 Å². The number of nitrogens with one attached hydrogen (secondary N) is 2. The van der Waals surface area contributed by atoms with Gasteiger partial charge in [0, 0.05) is 27.5 Å². The average Bonchev–Trinajstić information content (AvgIpc) is 3.79. The van der Waals surface area contributed by atoms with E-state index in [2.05, 4.69) is 9.97 Å². The highest BCUT2D eigenvalue weighted by Gasteiger charge is 2.27. The third-order valence-corrected chi connectivity index (χ3v) is 10.5. The summed E-state index contributed by atoms with van der Waals surface area (Å²) >= 11 is 40.0. The lowest BCUT2D eigenvalue weighted by atomic mass is 10.1. The van der Waals surface area contributed by atoms with E-state index < -0.39 is 0 Å². The lowest BCUT2D eigenvalue weighted by Crippen LogP contribution is -1.85. The number of rotatable bonds is 0. The molecule has 0 spiro atoms. The Morgan fingerprint density at radius 3 is 1.43 bits per heavy atom. The van der Waals surface area contributed by atoms with Crippen molar-refractivity contribution in [1.82, 2.24) is 39.9 Å². The predicted octanol–water partition coefficient (Wildman–Crippen LogP) is 10.8. The SMILES string of the molecule is Clc1ccc2c(c1Cl)-c1nc-2nc2[nH]c(nc3nc(nc4[nH]c(n1)c1c(Cl)c(Cl)c(Cl)c(Cl)c41)-c1ccccc1-3)c1ccccc21. The van der Waals surface area contributed by atoms with Crippen LogP contribution in [0.4, 0.5) is 0 Å². The number of aromatic nitrogens is 8. The van der Waals surface area contributed by atoms with Crippen LogP contribution in [0, 0.1) is 0 Å². The molecule has 0 unspecified atom stereocenters. The van der Waals surface area contributed by atoms with E-state index in [4.69, 9.17) is 99.5 Å². The maximum absolute atomic E-state index is 6.81. The second-order valence-corrected chi connectivity index (χ2v) is 12.8. The van der Waals surface area contributed by atoms with Gasteiger partial charge in [-0.05, 0) is 12.1 Å². The van der Waals surface area contributed by atoms with Gasteiger partial charge in [0.1, 0.15) is 22.6 Å². The molecule has 8 nitrogen and oxygen atoms in total. The number of benzene rings is 4. The number of aromatic amines is 2. The summed E-state index contributed by atoms with van der Waals surface area (Å²) in [6.07, 6.45) is 0. The third kappa shape index (κ3) is 4.02. The Morgan fingerprint density at radius 2 is 0.848 bits per heavy atom. The fourth-order valence-electron chi connectivity index (χ4n) is 5.83. The molecular formula is C32H12Cl6N8. The van der Waals surface area contributed by atoms with Gasteiger partial charge in [-0.3, -0.25) is 0 Å². The summed E-state index contributed by atoms with van der Waals surface area (Å²) in [6.45, 7) is 0. The summed E-state index contributed by atoms with van der Waals surface area (Å²) in [5, 5.41) is 3.49. The Bertz CT molecular complexity index is 2680. The Labute approximate surface area is 288 Å². The molecule has 2 aliphatic rings. The number of hydrogen-bond acceptors (Lipinski definition) is 6. The van der Waals surface area contributed by atoms with E-state index in [9.17, 15) is 0 Å². The molecule has 0 saturated carbocycles. The largest absolute Gasteiger partial charge is 0.324 e. The second-order valence-electron chi connectivity index (χ2n) is 10.5. The van der Waals surface area contributed by atoms with Gasteiger partial charge in [0.05, 0.1) is 46.5 Å². The minimum absolute atomic E-state index is 0.0676. The van der Waals surface area contributed by atoms with Crippen LogP contribution in [0.5, 0.6) is 0 Å². The number of fused-ring (bicyclic) bond motifs is 20. The van der Waals surface area contributed by atoms with Crippen molar-refractivity contribution in [3.8, 4) is 45.6 Å². The quantitative estimate of drug-likeness (QED) is 0.119. The molecule has 0 radical (unpaired) electrons. The predicted molar refractivity (Wildman–Crippen MR) is 186 cm³/mol. The van der Waals surface area contributed by atoms with E-state index in [1.165, 1.54) is 0 Å². The molecule has 0 atom stereocenters. The first kappa shape index (κ1) is 28.2. The average molecular weight is 721 g/mol. The van der Waals surface area contributed by atoms with Gasteiger partial charge in [0.2, 0.25) is 0 Å². The van der Waals surface area contributed by atoms with Crippen molar-refractivity contribution in [2.45, 2.75) is 0 Å². The summed E-state index contributed by atoms with van der Waals surface area (Å²) < 4.78 is 0. The number of nitrogens with zero attached hydrogens (tertiary/aromatic N) is 6. The highest BCUT2D eigenvalue weighted by molar-refractivity contribution is 6.56. The number of halogens is 6. The van der Waals surface area contributed by atoms with Crippen LogP contribution in [0.1, 0.15) is 0 Å². The zero-order valence-electron chi connectivity index (χ0n) is 22.7. The maximum Gasteiger partial charge on any atom is 0.166 e. The third-order valence-electron chi connectivity index (χ3n) is 7.91. The summed E-state index contributed by atoms with van der Waals surface area (Å²) in [5.74, 6) is 1.46. The molecule has 14 heteroatoms. The molecular weight excluding hydrogens is 709 g/mol. The van der Waals surface area contributed by atoms with Gasteiger partial charge in [0.15, 0.2) is 23.3 Å². The van der Waals surface area contributed by atoms with E-state index in [0.29, 0.717) is 61.3 Å². The molecule has 2 N–H and O–H groups in total. The number of hydrogen-bond donors (Lipinski definition) is 2. The molecule has 4 aromatic carbocycles. The standard InChI is InChI=1S/C32H12Cl6N8/c33-16-10-9-15-17(20(16)34)30-44-29(15)42-27-12-6-2-1-5-11(12)25(40-27)39-26-13-7-3-4-8-14(13)28(41-26)43-31-18-19(32(45-30)46-31)22(36)24(38)23(37)21(18)35/h1-10H,(H2,39,40,41,42,43,44,45,46). The van der Waals surface area contributed by atoms with Crippen LogP contribution in [-0.2, 0) is 0 Å². The molecule has 7 aromatic rings. The molecule has 0 amide bonds. The molecule has 2 aliphatic heterocycles. The summed E-state index contributed by atoms with van der Waals surface area (Å²) in [7, 11) is 0. The molecule has 0 aliphatic carbocycles. The van der Waals surface area contributed by atoms with Gasteiger partial charge in [-0.1, -0.05) is 118 Å². The zero-order valence-corrected chi connectivity index (χ0v) is 27.3. The summed E-state index contributed by atoms with van der Waals surface area (Å²) in [6, 6.07) is 19.0. The Morgan fingerprint density at radius 1 is 0.391 bits per heavy atom. The highest BCUT2D eigenvalue weighted by Crippen LogP contribution is 2.47. The minimum Gasteiger partial charge on any atom is -0.324 e. The minimum atomic E-state index is 0.0676. The molecule has 5 heterocycles. The monoisotopic (exact) mass is 718 g/mol. The van der Waals surface area contributed by atoms with Crippen molar-refractivity contribution < 1.29 is 0 Å². The van der Waals surface area contributed by atoms with Crippen molar-refractivity contribution in [1.29, 1.82) is 0 Å². The smallest absolute Gasteiger partial charge is 0.166 e. The highest BCUT2D eigenvalue weighted by atomic mass is 35.5. The van der Waals surface area contributed by atoms with Crippen LogP contribution in [0.15, 0.2) is 60.7 Å². The summed E-state index contributed by atoms with van der Waals surface area (Å²) in [5.41, 5.74) is 4.38. The molecule has 46 heavy (non-hydrogen) atoms. The Balaban J connectivity index is 1.55. The first-order valence-electron chi connectivity index (χ1n) is 13.6. The van der Waals surface area contributed by atoms with Crippen LogP contribution >= 0.6 is 69.6 Å². The van der Waals surface area contributed by atoms with Crippen LogP contribution in [0.25, 0.3) is 89.7 Å². The molecule has 9 rings (SSSR count). The van der Waals surface area contributed by atoms with Crippen LogP contribution in [0.3, 0.4) is 0 Å². The van der Waals surface area contributed by atoms with Gasteiger partial charge < -0.3 is 9.97 Å². The van der Waals surface area contributed by atoms with Crippen LogP contribution < -0.4 is 0 Å². The lowest BCUT2D eigenvalue weighted by Gasteiger charge is -2.05. The van der Waals surface area contributed by atoms with Gasteiger partial charge in [-0.15, -0.1) is 0 Å². The van der Waals surface area contributed by atoms with Crippen LogP contribution in [0.2, 0.25) is 30.1 Å². The first-order valence-corrected chi connectivity index (χ1v) is 15.9. The zero-order chi connectivity index (χ0) is 31.4. The molecule has 0 saturated heterocycles. The Hall–Kier alpha value is -4.02. The fourth-order valence-corrected chi connectivity index (χ4v) is 7.27. The lowest BCUT2D eigenvalue weighted by molar-refractivity contribution is 1.19. The van der Waals surface area contributed by atoms with Crippen molar-refractivity contribution in [3.63, 3.8) is 0 Å². The van der Waals surface area contributed by atoms with Crippen molar-refractivity contribution in [2.75, 3.05) is 0 Å². The van der Waals surface area contributed by atoms with Crippen LogP contribution in [-0.4, -0.2) is 39.9 Å². The molecule has 8 bridgehead atoms. The van der Waals surface area contributed by atoms with E-state index in [0.717, 1.165) is 21.9 Å². The molecule has 3 aromatic heterocycles. The topological polar surface area (TPSA) is 109 Å². The fraction of sp³-hybridized carbons (Fsp3) is 0. The van der Waals surface area contributed by atoms with Crippen molar-refractivity contribution in [3.05, 3.63) is 90.8 Å². The molecule has 222 valence electrons. The van der Waals surface area contributed by atoms with E-state index in [-0.39, 0.29) is 36.6 Å². The van der Waals surface area contributed by atoms with E-state index in [1.54, 1.807) is 12.1 Å². The van der Waals surface area contributed by atoms with Gasteiger partial charge in [-0.25, -0.2) is 29.9 Å². The van der Waals surface area contributed by atoms with Gasteiger partial charge >= 0.3 is 0 Å². The normalized spacial score (nSPS) is 12.1. The van der Waals surface area contributed by atoms with Gasteiger partial charge in [-0.2, -0.15) is 0 Å². The first-order chi connectivity index (χ1) is 22.3.